The summed E-state index contributed by atoms with van der Waals surface area (Å²) in [4.78, 5) is 2.28. The molecule has 0 unspecified atom stereocenters. The van der Waals surface area contributed by atoms with E-state index in [9.17, 15) is 0 Å². The molecule has 0 amide bonds. The largest absolute Gasteiger partial charge is 0.383 e. The molecule has 12 heavy (non-hydrogen) atoms. The first-order valence-electron chi connectivity index (χ1n) is 4.17. The number of ether oxygens (including phenoxy) is 1. The van der Waals surface area contributed by atoms with Crippen molar-refractivity contribution in [3.63, 3.8) is 0 Å². The van der Waals surface area contributed by atoms with Gasteiger partial charge in [-0.25, -0.2) is 0 Å². The Bertz CT molecular complexity index is 205. The molecule has 0 radical (unpaired) electrons. The molecule has 0 spiro atoms. The van der Waals surface area contributed by atoms with E-state index in [1.165, 1.54) is 0 Å². The topological polar surface area (TPSA) is 36.3 Å². The first-order chi connectivity index (χ1) is 5.86. The molecule has 1 rings (SSSR count). The lowest BCUT2D eigenvalue weighted by Crippen LogP contribution is -2.31. The minimum atomic E-state index is 0.774. The van der Waals surface area contributed by atoms with Gasteiger partial charge in [0.25, 0.3) is 0 Å². The molecule has 0 aromatic carbocycles. The van der Waals surface area contributed by atoms with Crippen LogP contribution in [0.4, 0.5) is 0 Å². The standard InChI is InChI=1S/C9H14N2O/c1-12-7-6-11-4-2-9(8-10)3-5-11/h2H,3-7H2,1H3. The smallest absolute Gasteiger partial charge is 0.0944 e. The highest BCUT2D eigenvalue weighted by Crippen LogP contribution is 2.08. The molecular weight excluding hydrogens is 152 g/mol. The van der Waals surface area contributed by atoms with E-state index in [0.29, 0.717) is 0 Å². The van der Waals surface area contributed by atoms with Crippen LogP contribution in [-0.2, 0) is 4.74 Å². The third kappa shape index (κ3) is 2.65. The lowest BCUT2D eigenvalue weighted by atomic mass is 10.1. The third-order valence-electron chi connectivity index (χ3n) is 2.05. The zero-order valence-corrected chi connectivity index (χ0v) is 7.42. The van der Waals surface area contributed by atoms with E-state index in [2.05, 4.69) is 11.0 Å². The van der Waals surface area contributed by atoms with Crippen LogP contribution in [0.15, 0.2) is 11.6 Å². The van der Waals surface area contributed by atoms with Crippen molar-refractivity contribution in [2.24, 2.45) is 0 Å². The van der Waals surface area contributed by atoms with E-state index in [0.717, 1.165) is 38.2 Å². The van der Waals surface area contributed by atoms with Gasteiger partial charge in [0.2, 0.25) is 0 Å². The summed E-state index contributed by atoms with van der Waals surface area (Å²) in [7, 11) is 1.71. The van der Waals surface area contributed by atoms with Gasteiger partial charge in [0.1, 0.15) is 0 Å². The summed E-state index contributed by atoms with van der Waals surface area (Å²) in [6, 6.07) is 2.18. The van der Waals surface area contributed by atoms with Gasteiger partial charge in [0.05, 0.1) is 12.7 Å². The number of hydrogen-bond acceptors (Lipinski definition) is 3. The Kier molecular flexibility index (Phi) is 3.78. The first kappa shape index (κ1) is 9.24. The molecule has 1 aliphatic rings. The highest BCUT2D eigenvalue weighted by atomic mass is 16.5. The highest BCUT2D eigenvalue weighted by molar-refractivity contribution is 5.22. The van der Waals surface area contributed by atoms with Crippen LogP contribution in [0, 0.1) is 11.3 Å². The van der Waals surface area contributed by atoms with E-state index < -0.39 is 0 Å². The minimum absolute atomic E-state index is 0.774. The van der Waals surface area contributed by atoms with Gasteiger partial charge >= 0.3 is 0 Å². The molecule has 66 valence electrons. The number of nitriles is 1. The Morgan fingerprint density at radius 2 is 2.58 bits per heavy atom. The van der Waals surface area contributed by atoms with E-state index in [1.54, 1.807) is 7.11 Å². The number of hydrogen-bond donors (Lipinski definition) is 0. The lowest BCUT2D eigenvalue weighted by Gasteiger charge is -2.23. The van der Waals surface area contributed by atoms with Crippen LogP contribution < -0.4 is 0 Å². The van der Waals surface area contributed by atoms with Crippen molar-refractivity contribution < 1.29 is 4.74 Å². The maximum Gasteiger partial charge on any atom is 0.0944 e. The van der Waals surface area contributed by atoms with Crippen molar-refractivity contribution in [2.75, 3.05) is 33.4 Å². The molecule has 0 aromatic heterocycles. The van der Waals surface area contributed by atoms with Crippen molar-refractivity contribution in [3.8, 4) is 6.07 Å². The van der Waals surface area contributed by atoms with E-state index in [4.69, 9.17) is 10.00 Å². The molecule has 0 aromatic rings. The van der Waals surface area contributed by atoms with Crippen molar-refractivity contribution in [3.05, 3.63) is 11.6 Å². The van der Waals surface area contributed by atoms with Crippen LogP contribution in [0.2, 0.25) is 0 Å². The number of nitrogens with zero attached hydrogens (tertiary/aromatic N) is 2. The molecule has 0 fully saturated rings. The van der Waals surface area contributed by atoms with Crippen LogP contribution in [0.25, 0.3) is 0 Å². The van der Waals surface area contributed by atoms with Gasteiger partial charge in [-0.05, 0) is 6.42 Å². The molecule has 0 saturated carbocycles. The van der Waals surface area contributed by atoms with Crippen LogP contribution in [-0.4, -0.2) is 38.3 Å². The SMILES string of the molecule is COCCN1CC=C(C#N)CC1. The van der Waals surface area contributed by atoms with E-state index >= 15 is 0 Å². The molecule has 1 aliphatic heterocycles. The van der Waals surface area contributed by atoms with Gasteiger partial charge in [0, 0.05) is 32.3 Å². The van der Waals surface area contributed by atoms with Gasteiger partial charge < -0.3 is 4.74 Å². The second-order valence-corrected chi connectivity index (χ2v) is 2.88. The van der Waals surface area contributed by atoms with Gasteiger partial charge in [-0.15, -0.1) is 0 Å². The molecule has 0 N–H and O–H groups in total. The molecule has 0 saturated heterocycles. The van der Waals surface area contributed by atoms with Crippen LogP contribution in [0.1, 0.15) is 6.42 Å². The summed E-state index contributed by atoms with van der Waals surface area (Å²) >= 11 is 0. The molecule has 0 atom stereocenters. The van der Waals surface area contributed by atoms with Crippen molar-refractivity contribution in [1.29, 1.82) is 5.26 Å². The maximum absolute atomic E-state index is 8.59. The summed E-state index contributed by atoms with van der Waals surface area (Å²) in [6.45, 7) is 3.62. The van der Waals surface area contributed by atoms with Crippen LogP contribution in [0.3, 0.4) is 0 Å². The Morgan fingerprint density at radius 1 is 1.75 bits per heavy atom. The molecular formula is C9H14N2O. The number of methoxy groups -OCH3 is 1. The summed E-state index contributed by atoms with van der Waals surface area (Å²) in [5.74, 6) is 0. The minimum Gasteiger partial charge on any atom is -0.383 e. The van der Waals surface area contributed by atoms with E-state index in [-0.39, 0.29) is 0 Å². The average Bonchev–Trinajstić information content (AvgIpc) is 2.15. The number of rotatable bonds is 3. The van der Waals surface area contributed by atoms with Crippen molar-refractivity contribution in [1.82, 2.24) is 4.90 Å². The summed E-state index contributed by atoms with van der Waals surface area (Å²) in [5.41, 5.74) is 0.920. The predicted octanol–water partition coefficient (Wildman–Crippen LogP) is 0.788. The quantitative estimate of drug-likeness (QED) is 0.622. The zero-order valence-electron chi connectivity index (χ0n) is 7.42. The fourth-order valence-electron chi connectivity index (χ4n) is 1.24. The molecule has 1 heterocycles. The van der Waals surface area contributed by atoms with Crippen LogP contribution >= 0.6 is 0 Å². The summed E-state index contributed by atoms with van der Waals surface area (Å²) in [5, 5.41) is 8.59. The van der Waals surface area contributed by atoms with Gasteiger partial charge in [-0.2, -0.15) is 5.26 Å². The fraction of sp³-hybridized carbons (Fsp3) is 0.667. The Balaban J connectivity index is 2.27. The monoisotopic (exact) mass is 166 g/mol. The average molecular weight is 166 g/mol. The predicted molar refractivity (Wildman–Crippen MR) is 46.6 cm³/mol. The normalized spacial score (nSPS) is 18.5. The molecule has 0 aliphatic carbocycles. The van der Waals surface area contributed by atoms with Gasteiger partial charge in [-0.3, -0.25) is 4.90 Å². The van der Waals surface area contributed by atoms with Crippen molar-refractivity contribution in [2.45, 2.75) is 6.42 Å². The van der Waals surface area contributed by atoms with Gasteiger partial charge in [-0.1, -0.05) is 6.08 Å². The first-order valence-corrected chi connectivity index (χ1v) is 4.17. The van der Waals surface area contributed by atoms with E-state index in [1.807, 2.05) is 6.08 Å². The molecule has 0 bridgehead atoms. The Labute approximate surface area is 73.2 Å². The summed E-state index contributed by atoms with van der Waals surface area (Å²) in [6.07, 6.45) is 2.89. The Hall–Kier alpha value is -0.850. The third-order valence-corrected chi connectivity index (χ3v) is 2.05. The lowest BCUT2D eigenvalue weighted by molar-refractivity contribution is 0.153. The fourth-order valence-corrected chi connectivity index (χ4v) is 1.24. The Morgan fingerprint density at radius 3 is 3.08 bits per heavy atom. The zero-order chi connectivity index (χ0) is 8.81. The second kappa shape index (κ2) is 4.91. The van der Waals surface area contributed by atoms with Crippen LogP contribution in [0.5, 0.6) is 0 Å². The maximum atomic E-state index is 8.59. The molecule has 3 heteroatoms. The van der Waals surface area contributed by atoms with Gasteiger partial charge in [0.15, 0.2) is 0 Å². The second-order valence-electron chi connectivity index (χ2n) is 2.88. The summed E-state index contributed by atoms with van der Waals surface area (Å²) < 4.78 is 4.97. The van der Waals surface area contributed by atoms with Crippen molar-refractivity contribution >= 4 is 0 Å². The highest BCUT2D eigenvalue weighted by Gasteiger charge is 2.09. The molecule has 3 nitrogen and oxygen atoms in total.